The first-order chi connectivity index (χ1) is 12.7. The number of piperidine rings is 1. The number of carbonyl (C=O) groups is 1. The van der Waals surface area contributed by atoms with Crippen molar-refractivity contribution in [2.45, 2.75) is 38.5 Å². The van der Waals surface area contributed by atoms with E-state index < -0.39 is 0 Å². The van der Waals surface area contributed by atoms with Gasteiger partial charge < -0.3 is 19.3 Å². The summed E-state index contributed by atoms with van der Waals surface area (Å²) in [5.41, 5.74) is 1.36. The van der Waals surface area contributed by atoms with E-state index in [2.05, 4.69) is 9.80 Å². The molecule has 5 rings (SSSR count). The fourth-order valence-electron chi connectivity index (χ4n) is 4.95. The molecular weight excluding hydrogens is 328 g/mol. The van der Waals surface area contributed by atoms with E-state index in [9.17, 15) is 4.79 Å². The molecule has 0 N–H and O–H groups in total. The predicted molar refractivity (Wildman–Crippen MR) is 98.3 cm³/mol. The number of fused-ring (bicyclic) bond motifs is 1. The number of rotatable bonds is 4. The Morgan fingerprint density at radius 1 is 1.12 bits per heavy atom. The Morgan fingerprint density at radius 3 is 2.88 bits per heavy atom. The molecule has 1 aliphatic carbocycles. The van der Waals surface area contributed by atoms with E-state index in [1.54, 1.807) is 0 Å². The molecule has 26 heavy (non-hydrogen) atoms. The molecule has 1 spiro atoms. The zero-order valence-electron chi connectivity index (χ0n) is 15.4. The Kier molecular flexibility index (Phi) is 4.07. The summed E-state index contributed by atoms with van der Waals surface area (Å²) >= 11 is 0. The molecule has 1 aromatic carbocycles. The highest BCUT2D eigenvalue weighted by Gasteiger charge is 2.43. The molecule has 140 valence electrons. The monoisotopic (exact) mass is 356 g/mol. The topological polar surface area (TPSA) is 42.0 Å². The summed E-state index contributed by atoms with van der Waals surface area (Å²) < 4.78 is 10.8. The van der Waals surface area contributed by atoms with Crippen molar-refractivity contribution in [3.05, 3.63) is 23.8 Å². The minimum Gasteiger partial charge on any atom is -0.454 e. The Balaban J connectivity index is 1.20. The van der Waals surface area contributed by atoms with E-state index >= 15 is 0 Å². The lowest BCUT2D eigenvalue weighted by molar-refractivity contribution is -0.130. The van der Waals surface area contributed by atoms with Gasteiger partial charge in [-0.1, -0.05) is 6.07 Å². The highest BCUT2D eigenvalue weighted by Crippen LogP contribution is 2.41. The number of amides is 1. The molecule has 0 aromatic heterocycles. The maximum absolute atomic E-state index is 12.9. The van der Waals surface area contributed by atoms with Crippen molar-refractivity contribution in [3.8, 4) is 11.5 Å². The van der Waals surface area contributed by atoms with Crippen molar-refractivity contribution in [3.63, 3.8) is 0 Å². The van der Waals surface area contributed by atoms with Crippen molar-refractivity contribution in [2.24, 2.45) is 11.3 Å². The SMILES string of the molecule is O=C(Cc1ccc2c(c1)OCO2)N1CC[C@@]2(CCCN(CC3CC3)C2)C1. The number of ether oxygens (including phenoxy) is 2. The third-order valence-corrected chi connectivity index (χ3v) is 6.54. The largest absolute Gasteiger partial charge is 0.454 e. The quantitative estimate of drug-likeness (QED) is 0.832. The highest BCUT2D eigenvalue weighted by molar-refractivity contribution is 5.79. The van der Waals surface area contributed by atoms with Gasteiger partial charge in [0.25, 0.3) is 0 Å². The second-order valence-corrected chi connectivity index (χ2v) is 8.71. The molecule has 5 nitrogen and oxygen atoms in total. The lowest BCUT2D eigenvalue weighted by atomic mass is 9.79. The van der Waals surface area contributed by atoms with Crippen LogP contribution >= 0.6 is 0 Å². The van der Waals surface area contributed by atoms with Crippen molar-refractivity contribution in [1.29, 1.82) is 0 Å². The van der Waals surface area contributed by atoms with Gasteiger partial charge in [-0.2, -0.15) is 0 Å². The van der Waals surface area contributed by atoms with Crippen LogP contribution < -0.4 is 9.47 Å². The lowest BCUT2D eigenvalue weighted by Gasteiger charge is -2.40. The first kappa shape index (κ1) is 16.4. The van der Waals surface area contributed by atoms with Crippen LogP contribution in [0.1, 0.15) is 37.7 Å². The van der Waals surface area contributed by atoms with Gasteiger partial charge >= 0.3 is 0 Å². The van der Waals surface area contributed by atoms with E-state index in [-0.39, 0.29) is 12.7 Å². The van der Waals surface area contributed by atoms with Gasteiger partial charge in [0, 0.05) is 31.6 Å². The van der Waals surface area contributed by atoms with Crippen LogP contribution in [-0.4, -0.2) is 55.2 Å². The van der Waals surface area contributed by atoms with Crippen molar-refractivity contribution < 1.29 is 14.3 Å². The normalized spacial score (nSPS) is 28.1. The molecule has 3 heterocycles. The van der Waals surface area contributed by atoms with Crippen LogP contribution in [-0.2, 0) is 11.2 Å². The van der Waals surface area contributed by atoms with Crippen LogP contribution in [0.25, 0.3) is 0 Å². The molecule has 3 fully saturated rings. The smallest absolute Gasteiger partial charge is 0.231 e. The molecule has 4 aliphatic rings. The van der Waals surface area contributed by atoms with Gasteiger partial charge in [0.2, 0.25) is 12.7 Å². The van der Waals surface area contributed by atoms with Crippen LogP contribution in [0.15, 0.2) is 18.2 Å². The lowest BCUT2D eigenvalue weighted by Crippen LogP contribution is -2.46. The molecule has 5 heteroatoms. The molecule has 0 radical (unpaired) electrons. The highest BCUT2D eigenvalue weighted by atomic mass is 16.7. The van der Waals surface area contributed by atoms with Crippen LogP contribution in [0.5, 0.6) is 11.5 Å². The minimum absolute atomic E-state index is 0.250. The number of hydrogen-bond donors (Lipinski definition) is 0. The number of nitrogens with zero attached hydrogens (tertiary/aromatic N) is 2. The summed E-state index contributed by atoms with van der Waals surface area (Å²) in [6.07, 6.45) is 7.03. The van der Waals surface area contributed by atoms with Gasteiger partial charge in [-0.05, 0) is 62.3 Å². The summed E-state index contributed by atoms with van der Waals surface area (Å²) in [5.74, 6) is 2.74. The predicted octanol–water partition coefficient (Wildman–Crippen LogP) is 2.68. The number of benzene rings is 1. The Bertz CT molecular complexity index is 702. The maximum atomic E-state index is 12.9. The summed E-state index contributed by atoms with van der Waals surface area (Å²) in [5, 5.41) is 0. The van der Waals surface area contributed by atoms with Crippen LogP contribution in [0.4, 0.5) is 0 Å². The second kappa shape index (κ2) is 6.45. The van der Waals surface area contributed by atoms with Crippen LogP contribution in [0.3, 0.4) is 0 Å². The van der Waals surface area contributed by atoms with E-state index in [0.717, 1.165) is 36.1 Å². The standard InChI is InChI=1S/C21H28N2O3/c24-20(11-17-4-5-18-19(10-17)26-15-25-18)23-9-7-21(14-23)6-1-8-22(13-21)12-16-2-3-16/h4-5,10,16H,1-3,6-9,11-15H2/t21-/m1/s1. The van der Waals surface area contributed by atoms with Gasteiger partial charge in [0.15, 0.2) is 11.5 Å². The van der Waals surface area contributed by atoms with Gasteiger partial charge in [-0.25, -0.2) is 0 Å². The number of hydrogen-bond acceptors (Lipinski definition) is 4. The van der Waals surface area contributed by atoms with Crippen molar-refractivity contribution >= 4 is 5.91 Å². The molecule has 0 bridgehead atoms. The Morgan fingerprint density at radius 2 is 2.00 bits per heavy atom. The van der Waals surface area contributed by atoms with Gasteiger partial charge in [0.1, 0.15) is 0 Å². The zero-order chi connectivity index (χ0) is 17.6. The molecule has 1 amide bonds. The molecule has 3 aliphatic heterocycles. The third-order valence-electron chi connectivity index (χ3n) is 6.54. The second-order valence-electron chi connectivity index (χ2n) is 8.71. The molecule has 1 atom stereocenters. The fraction of sp³-hybridized carbons (Fsp3) is 0.667. The van der Waals surface area contributed by atoms with Crippen LogP contribution in [0, 0.1) is 11.3 Å². The molecule has 1 aromatic rings. The molecular formula is C21H28N2O3. The average molecular weight is 356 g/mol. The van der Waals surface area contributed by atoms with E-state index in [0.29, 0.717) is 11.8 Å². The van der Waals surface area contributed by atoms with Gasteiger partial charge in [-0.3, -0.25) is 4.79 Å². The zero-order valence-corrected chi connectivity index (χ0v) is 15.4. The summed E-state index contributed by atoms with van der Waals surface area (Å²) in [6, 6.07) is 5.84. The van der Waals surface area contributed by atoms with Crippen LogP contribution in [0.2, 0.25) is 0 Å². The van der Waals surface area contributed by atoms with E-state index in [1.165, 1.54) is 51.7 Å². The van der Waals surface area contributed by atoms with Crippen molar-refractivity contribution in [1.82, 2.24) is 9.80 Å². The first-order valence-electron chi connectivity index (χ1n) is 10.1. The summed E-state index contributed by atoms with van der Waals surface area (Å²) in [4.78, 5) is 17.6. The molecule has 2 saturated heterocycles. The van der Waals surface area contributed by atoms with Crippen molar-refractivity contribution in [2.75, 3.05) is 39.5 Å². The van der Waals surface area contributed by atoms with Gasteiger partial charge in [-0.15, -0.1) is 0 Å². The minimum atomic E-state index is 0.250. The Hall–Kier alpha value is -1.75. The fourth-order valence-corrected chi connectivity index (χ4v) is 4.95. The van der Waals surface area contributed by atoms with E-state index in [1.807, 2.05) is 18.2 Å². The molecule has 0 unspecified atom stereocenters. The Labute approximate surface area is 155 Å². The summed E-state index contributed by atoms with van der Waals surface area (Å²) in [6.45, 7) is 5.87. The summed E-state index contributed by atoms with van der Waals surface area (Å²) in [7, 11) is 0. The third kappa shape index (κ3) is 3.29. The number of likely N-dealkylation sites (tertiary alicyclic amines) is 2. The first-order valence-corrected chi connectivity index (χ1v) is 10.1. The van der Waals surface area contributed by atoms with Gasteiger partial charge in [0.05, 0.1) is 6.42 Å². The van der Waals surface area contributed by atoms with E-state index in [4.69, 9.17) is 9.47 Å². The maximum Gasteiger partial charge on any atom is 0.231 e. The molecule has 1 saturated carbocycles. The number of carbonyl (C=O) groups excluding carboxylic acids is 1. The average Bonchev–Trinajstić information content (AvgIpc) is 3.16.